The monoisotopic (exact) mass is 376 g/mol. The molecule has 0 aliphatic carbocycles. The maximum absolute atomic E-state index is 11.3. The highest BCUT2D eigenvalue weighted by atomic mass is 16.5. The molecule has 0 saturated carbocycles. The van der Waals surface area contributed by atoms with E-state index >= 15 is 0 Å². The highest BCUT2D eigenvalue weighted by molar-refractivity contribution is 5.92. The Hall–Kier alpha value is -3.34. The van der Waals surface area contributed by atoms with Crippen LogP contribution in [0.15, 0.2) is 53.5 Å². The highest BCUT2D eigenvalue weighted by Crippen LogP contribution is 2.25. The highest BCUT2D eigenvalue weighted by Gasteiger charge is 2.11. The van der Waals surface area contributed by atoms with Crippen molar-refractivity contribution in [3.63, 3.8) is 0 Å². The summed E-state index contributed by atoms with van der Waals surface area (Å²) in [6.45, 7) is 8.49. The van der Waals surface area contributed by atoms with E-state index in [0.717, 1.165) is 28.4 Å². The van der Waals surface area contributed by atoms with Crippen LogP contribution in [0.4, 0.5) is 5.69 Å². The Morgan fingerprint density at radius 2 is 1.86 bits per heavy atom. The van der Waals surface area contributed by atoms with Crippen LogP contribution in [0.25, 0.3) is 5.69 Å². The molecule has 0 spiro atoms. The molecule has 3 aromatic rings. The molecule has 0 bridgehead atoms. The molecule has 144 valence electrons. The van der Waals surface area contributed by atoms with Gasteiger partial charge in [0.25, 0.3) is 0 Å². The van der Waals surface area contributed by atoms with Crippen LogP contribution in [-0.4, -0.2) is 28.5 Å². The fourth-order valence-electron chi connectivity index (χ4n) is 3.31. The van der Waals surface area contributed by atoms with Gasteiger partial charge in [-0.15, -0.1) is 0 Å². The summed E-state index contributed by atoms with van der Waals surface area (Å²) in [4.78, 5) is 15.9. The number of benzene rings is 2. The molecule has 1 heterocycles. The van der Waals surface area contributed by atoms with E-state index in [-0.39, 0.29) is 5.56 Å². The molecule has 0 atom stereocenters. The molecule has 0 amide bonds. The van der Waals surface area contributed by atoms with Crippen LogP contribution in [0.3, 0.4) is 0 Å². The van der Waals surface area contributed by atoms with Gasteiger partial charge in [-0.05, 0) is 75.7 Å². The largest absolute Gasteiger partial charge is 0.494 e. The number of carbonyl (C=O) groups is 1. The van der Waals surface area contributed by atoms with Gasteiger partial charge in [0.2, 0.25) is 0 Å². The van der Waals surface area contributed by atoms with Gasteiger partial charge in [0.1, 0.15) is 5.75 Å². The first-order valence-electron chi connectivity index (χ1n) is 9.21. The van der Waals surface area contributed by atoms with Crippen LogP contribution in [0.5, 0.6) is 5.75 Å². The molecule has 5 heteroatoms. The lowest BCUT2D eigenvalue weighted by Gasteiger charge is -2.11. The van der Waals surface area contributed by atoms with Gasteiger partial charge in [-0.25, -0.2) is 4.79 Å². The van der Waals surface area contributed by atoms with Crippen molar-refractivity contribution in [1.82, 2.24) is 4.57 Å². The molecule has 0 aliphatic rings. The summed E-state index contributed by atoms with van der Waals surface area (Å²) in [5, 5.41) is 9.27. The number of aromatic carboxylic acids is 1. The number of nitrogens with zero attached hydrogens (tertiary/aromatic N) is 2. The summed E-state index contributed by atoms with van der Waals surface area (Å²) in [5.74, 6) is -0.0903. The normalized spacial score (nSPS) is 11.1. The van der Waals surface area contributed by atoms with Gasteiger partial charge >= 0.3 is 5.97 Å². The Balaban J connectivity index is 1.93. The molecule has 28 heavy (non-hydrogen) atoms. The molecular formula is C23H24N2O3. The van der Waals surface area contributed by atoms with Crippen molar-refractivity contribution in [3.8, 4) is 11.4 Å². The zero-order valence-corrected chi connectivity index (χ0v) is 16.6. The topological polar surface area (TPSA) is 63.8 Å². The SMILES string of the molecule is CCOc1ccc(-n2c(C)cc(C=Nc3cccc(C(=O)O)c3C)c2C)cc1. The van der Waals surface area contributed by atoms with Crippen LogP contribution in [0.2, 0.25) is 0 Å². The van der Waals surface area contributed by atoms with E-state index in [2.05, 4.69) is 22.5 Å². The smallest absolute Gasteiger partial charge is 0.336 e. The van der Waals surface area contributed by atoms with E-state index in [0.29, 0.717) is 17.9 Å². The van der Waals surface area contributed by atoms with Crippen molar-refractivity contribution < 1.29 is 14.6 Å². The van der Waals surface area contributed by atoms with Crippen LogP contribution in [-0.2, 0) is 0 Å². The van der Waals surface area contributed by atoms with E-state index in [1.807, 2.05) is 44.2 Å². The minimum absolute atomic E-state index is 0.273. The maximum Gasteiger partial charge on any atom is 0.336 e. The van der Waals surface area contributed by atoms with E-state index in [4.69, 9.17) is 4.74 Å². The lowest BCUT2D eigenvalue weighted by Crippen LogP contribution is -2.00. The zero-order chi connectivity index (χ0) is 20.3. The molecule has 5 nitrogen and oxygen atoms in total. The molecule has 1 N–H and O–H groups in total. The lowest BCUT2D eigenvalue weighted by molar-refractivity contribution is 0.0696. The molecule has 0 saturated heterocycles. The van der Waals surface area contributed by atoms with E-state index in [1.165, 1.54) is 0 Å². The second-order valence-electron chi connectivity index (χ2n) is 6.60. The van der Waals surface area contributed by atoms with Crippen LogP contribution in [0, 0.1) is 20.8 Å². The van der Waals surface area contributed by atoms with Gasteiger partial charge < -0.3 is 14.4 Å². The third-order valence-electron chi connectivity index (χ3n) is 4.75. The Morgan fingerprint density at radius 3 is 2.50 bits per heavy atom. The number of carboxylic acids is 1. The first-order valence-corrected chi connectivity index (χ1v) is 9.21. The average molecular weight is 376 g/mol. The van der Waals surface area contributed by atoms with E-state index < -0.39 is 5.97 Å². The van der Waals surface area contributed by atoms with Gasteiger partial charge in [0, 0.05) is 28.9 Å². The van der Waals surface area contributed by atoms with E-state index in [9.17, 15) is 9.90 Å². The van der Waals surface area contributed by atoms with Crippen molar-refractivity contribution in [2.45, 2.75) is 27.7 Å². The summed E-state index contributed by atoms with van der Waals surface area (Å²) in [5.41, 5.74) is 5.80. The fourth-order valence-corrected chi connectivity index (χ4v) is 3.31. The molecule has 0 radical (unpaired) electrons. The Labute approximate surface area is 164 Å². The van der Waals surface area contributed by atoms with Crippen LogP contribution < -0.4 is 4.74 Å². The van der Waals surface area contributed by atoms with Crippen molar-refractivity contribution >= 4 is 17.9 Å². The summed E-state index contributed by atoms with van der Waals surface area (Å²) < 4.78 is 7.68. The van der Waals surface area contributed by atoms with Gasteiger partial charge in [-0.1, -0.05) is 6.07 Å². The van der Waals surface area contributed by atoms with Gasteiger partial charge in [0.05, 0.1) is 17.9 Å². The third kappa shape index (κ3) is 3.83. The molecule has 3 rings (SSSR count). The predicted molar refractivity (Wildman–Crippen MR) is 112 cm³/mol. The Morgan fingerprint density at radius 1 is 1.14 bits per heavy atom. The summed E-state index contributed by atoms with van der Waals surface area (Å²) in [6, 6.07) is 15.2. The molecule has 0 unspecified atom stereocenters. The number of ether oxygens (including phenoxy) is 1. The number of aryl methyl sites for hydroxylation is 1. The summed E-state index contributed by atoms with van der Waals surface area (Å²) in [7, 11) is 0. The maximum atomic E-state index is 11.3. The van der Waals surface area contributed by atoms with Gasteiger partial charge in [0.15, 0.2) is 0 Å². The molecule has 2 aromatic carbocycles. The van der Waals surface area contributed by atoms with Crippen molar-refractivity contribution in [1.29, 1.82) is 0 Å². The minimum Gasteiger partial charge on any atom is -0.494 e. The Bertz CT molecular complexity index is 1030. The lowest BCUT2D eigenvalue weighted by atomic mass is 10.1. The van der Waals surface area contributed by atoms with Crippen molar-refractivity contribution in [3.05, 3.63) is 76.6 Å². The first kappa shape index (κ1) is 19.4. The van der Waals surface area contributed by atoms with Crippen molar-refractivity contribution in [2.24, 2.45) is 4.99 Å². The third-order valence-corrected chi connectivity index (χ3v) is 4.75. The Kier molecular flexibility index (Phi) is 5.64. The number of rotatable bonds is 6. The summed E-state index contributed by atoms with van der Waals surface area (Å²) >= 11 is 0. The number of carboxylic acid groups (broad SMARTS) is 1. The first-order chi connectivity index (χ1) is 13.4. The number of hydrogen-bond acceptors (Lipinski definition) is 3. The fraction of sp³-hybridized carbons (Fsp3) is 0.217. The predicted octanol–water partition coefficient (Wildman–Crippen LogP) is 5.25. The molecule has 0 fully saturated rings. The number of hydrogen-bond donors (Lipinski definition) is 1. The van der Waals surface area contributed by atoms with Gasteiger partial charge in [-0.2, -0.15) is 0 Å². The zero-order valence-electron chi connectivity index (χ0n) is 16.6. The molecule has 1 aromatic heterocycles. The second kappa shape index (κ2) is 8.13. The average Bonchev–Trinajstić information content (AvgIpc) is 2.95. The minimum atomic E-state index is -0.941. The second-order valence-corrected chi connectivity index (χ2v) is 6.60. The molecule has 0 aliphatic heterocycles. The van der Waals surface area contributed by atoms with Crippen LogP contribution in [0.1, 0.15) is 39.8 Å². The summed E-state index contributed by atoms with van der Waals surface area (Å²) in [6.07, 6.45) is 1.79. The van der Waals surface area contributed by atoms with Crippen molar-refractivity contribution in [2.75, 3.05) is 6.61 Å². The van der Waals surface area contributed by atoms with E-state index in [1.54, 1.807) is 25.3 Å². The number of aliphatic imine (C=N–C) groups is 1. The molecular weight excluding hydrogens is 352 g/mol. The van der Waals surface area contributed by atoms with Gasteiger partial charge in [-0.3, -0.25) is 4.99 Å². The number of aromatic nitrogens is 1. The van der Waals surface area contributed by atoms with Crippen LogP contribution >= 0.6 is 0 Å². The standard InChI is InChI=1S/C23H24N2O3/c1-5-28-20-11-9-19(10-12-20)25-15(2)13-18(17(25)4)14-24-22-8-6-7-21(16(22)3)23(26)27/h6-14H,5H2,1-4H3,(H,26,27). The quantitative estimate of drug-likeness (QED) is 0.598.